The molecule has 1 aromatic heterocycles. The highest BCUT2D eigenvalue weighted by Gasteiger charge is 2.19. The molecule has 0 saturated carbocycles. The lowest BCUT2D eigenvalue weighted by molar-refractivity contribution is 0.553. The molecule has 18 heavy (non-hydrogen) atoms. The maximum absolute atomic E-state index is 4.68. The minimum Gasteiger partial charge on any atom is -0.382 e. The maximum Gasteiger partial charge on any atom is 0.0984 e. The van der Waals surface area contributed by atoms with E-state index >= 15 is 0 Å². The van der Waals surface area contributed by atoms with E-state index in [4.69, 9.17) is 0 Å². The van der Waals surface area contributed by atoms with Gasteiger partial charge in [-0.25, -0.2) is 4.68 Å². The molecule has 0 radical (unpaired) electrons. The van der Waals surface area contributed by atoms with Crippen LogP contribution in [0.15, 0.2) is 17.3 Å². The van der Waals surface area contributed by atoms with Gasteiger partial charge >= 0.3 is 0 Å². The van der Waals surface area contributed by atoms with Gasteiger partial charge in [0.05, 0.1) is 11.4 Å². The Morgan fingerprint density at radius 3 is 2.39 bits per heavy atom. The SMILES string of the molecule is CN=C/C(=C\N(C)C)n1nc(C(C)(C)C)cc1C. The van der Waals surface area contributed by atoms with E-state index in [2.05, 4.69) is 43.9 Å². The minimum atomic E-state index is 0.0581. The van der Waals surface area contributed by atoms with Gasteiger partial charge in [-0.1, -0.05) is 20.8 Å². The molecule has 4 heteroatoms. The molecular formula is C14H24N4. The number of rotatable bonds is 3. The van der Waals surface area contributed by atoms with E-state index in [-0.39, 0.29) is 5.41 Å². The Kier molecular flexibility index (Phi) is 4.33. The van der Waals surface area contributed by atoms with Crippen LogP contribution in [0.5, 0.6) is 0 Å². The van der Waals surface area contributed by atoms with Crippen LogP contribution in [0.2, 0.25) is 0 Å². The Labute approximate surface area is 110 Å². The van der Waals surface area contributed by atoms with Crippen molar-refractivity contribution in [3.05, 3.63) is 23.7 Å². The van der Waals surface area contributed by atoms with Crippen LogP contribution in [-0.2, 0) is 5.41 Å². The van der Waals surface area contributed by atoms with E-state index in [9.17, 15) is 0 Å². The lowest BCUT2D eigenvalue weighted by Gasteiger charge is -2.14. The first-order chi connectivity index (χ1) is 8.25. The van der Waals surface area contributed by atoms with Crippen molar-refractivity contribution in [1.82, 2.24) is 14.7 Å². The zero-order chi connectivity index (χ0) is 13.9. The zero-order valence-corrected chi connectivity index (χ0v) is 12.5. The summed E-state index contributed by atoms with van der Waals surface area (Å²) in [7, 11) is 5.76. The number of allylic oxidation sites excluding steroid dienone is 1. The average Bonchev–Trinajstić information content (AvgIpc) is 2.58. The molecule has 0 N–H and O–H groups in total. The van der Waals surface area contributed by atoms with Gasteiger partial charge in [0.1, 0.15) is 0 Å². The Morgan fingerprint density at radius 1 is 1.39 bits per heavy atom. The topological polar surface area (TPSA) is 33.4 Å². The first-order valence-electron chi connectivity index (χ1n) is 6.13. The lowest BCUT2D eigenvalue weighted by atomic mass is 9.92. The number of aliphatic imine (C=N–C) groups is 1. The second-order valence-electron chi connectivity index (χ2n) is 5.74. The van der Waals surface area contributed by atoms with Gasteiger partial charge in [0.25, 0.3) is 0 Å². The van der Waals surface area contributed by atoms with Crippen molar-refractivity contribution in [3.8, 4) is 0 Å². The molecule has 0 amide bonds. The molecule has 4 nitrogen and oxygen atoms in total. The van der Waals surface area contributed by atoms with Gasteiger partial charge in [-0.05, 0) is 13.0 Å². The summed E-state index contributed by atoms with van der Waals surface area (Å²) in [4.78, 5) is 6.09. The number of hydrogen-bond acceptors (Lipinski definition) is 3. The van der Waals surface area contributed by atoms with E-state index in [1.165, 1.54) is 0 Å². The van der Waals surface area contributed by atoms with Crippen molar-refractivity contribution in [2.45, 2.75) is 33.1 Å². The van der Waals surface area contributed by atoms with Gasteiger partial charge in [0.15, 0.2) is 0 Å². The van der Waals surface area contributed by atoms with Crippen LogP contribution in [0.1, 0.15) is 32.2 Å². The molecule has 1 rings (SSSR count). The van der Waals surface area contributed by atoms with Crippen LogP contribution in [0.3, 0.4) is 0 Å². The fourth-order valence-electron chi connectivity index (χ4n) is 1.64. The second-order valence-corrected chi connectivity index (χ2v) is 5.74. The molecule has 0 unspecified atom stereocenters. The zero-order valence-electron chi connectivity index (χ0n) is 12.5. The smallest absolute Gasteiger partial charge is 0.0984 e. The van der Waals surface area contributed by atoms with Crippen molar-refractivity contribution in [2.75, 3.05) is 21.1 Å². The standard InChI is InChI=1S/C14H24N4/c1-11-8-13(14(2,3)4)16-18(11)12(9-15-5)10-17(6)7/h8-10H,1-7H3/b12-10+,15-9?. The van der Waals surface area contributed by atoms with Gasteiger partial charge < -0.3 is 4.90 Å². The largest absolute Gasteiger partial charge is 0.382 e. The molecule has 0 aliphatic carbocycles. The molecule has 0 spiro atoms. The van der Waals surface area contributed by atoms with Crippen molar-refractivity contribution in [3.63, 3.8) is 0 Å². The first-order valence-corrected chi connectivity index (χ1v) is 6.13. The lowest BCUT2D eigenvalue weighted by Crippen LogP contribution is -2.14. The Morgan fingerprint density at radius 2 is 2.00 bits per heavy atom. The summed E-state index contributed by atoms with van der Waals surface area (Å²) in [5.41, 5.74) is 3.24. The molecule has 0 aliphatic rings. The molecule has 0 saturated heterocycles. The fraction of sp³-hybridized carbons (Fsp3) is 0.571. The highest BCUT2D eigenvalue weighted by molar-refractivity contribution is 6.01. The van der Waals surface area contributed by atoms with Crippen molar-refractivity contribution < 1.29 is 0 Å². The van der Waals surface area contributed by atoms with E-state index in [1.807, 2.05) is 36.1 Å². The summed E-state index contributed by atoms with van der Waals surface area (Å²) < 4.78 is 1.94. The molecule has 1 heterocycles. The molecule has 100 valence electrons. The number of hydrogen-bond donors (Lipinski definition) is 0. The molecule has 0 aromatic carbocycles. The summed E-state index contributed by atoms with van der Waals surface area (Å²) in [5.74, 6) is 0. The van der Waals surface area contributed by atoms with Gasteiger partial charge in [-0.2, -0.15) is 5.10 Å². The predicted molar refractivity (Wildman–Crippen MR) is 78.0 cm³/mol. The molecule has 1 aromatic rings. The summed E-state index contributed by atoms with van der Waals surface area (Å²) in [5, 5.41) is 4.68. The quantitative estimate of drug-likeness (QED) is 0.770. The Balaban J connectivity index is 3.26. The number of nitrogens with zero attached hydrogens (tertiary/aromatic N) is 4. The van der Waals surface area contributed by atoms with Crippen molar-refractivity contribution >= 4 is 11.9 Å². The normalized spacial score (nSPS) is 13.4. The van der Waals surface area contributed by atoms with E-state index in [1.54, 1.807) is 7.05 Å². The summed E-state index contributed by atoms with van der Waals surface area (Å²) in [6.07, 6.45) is 3.84. The predicted octanol–water partition coefficient (Wildman–Crippen LogP) is 2.55. The summed E-state index contributed by atoms with van der Waals surface area (Å²) >= 11 is 0. The molecule has 0 aliphatic heterocycles. The van der Waals surface area contributed by atoms with Crippen LogP contribution in [0, 0.1) is 6.92 Å². The Hall–Kier alpha value is -1.58. The van der Waals surface area contributed by atoms with Crippen LogP contribution in [0.4, 0.5) is 0 Å². The van der Waals surface area contributed by atoms with Gasteiger partial charge in [-0.3, -0.25) is 4.99 Å². The second kappa shape index (κ2) is 5.38. The van der Waals surface area contributed by atoms with E-state index < -0.39 is 0 Å². The number of aryl methyl sites for hydroxylation is 1. The Bertz CT molecular complexity index is 459. The maximum atomic E-state index is 4.68. The van der Waals surface area contributed by atoms with Crippen LogP contribution in [-0.4, -0.2) is 42.0 Å². The van der Waals surface area contributed by atoms with E-state index in [0.29, 0.717) is 0 Å². The molecular weight excluding hydrogens is 224 g/mol. The average molecular weight is 248 g/mol. The fourth-order valence-corrected chi connectivity index (χ4v) is 1.64. The molecule has 0 atom stereocenters. The minimum absolute atomic E-state index is 0.0581. The third-order valence-electron chi connectivity index (χ3n) is 2.55. The third kappa shape index (κ3) is 3.45. The highest BCUT2D eigenvalue weighted by atomic mass is 15.3. The first kappa shape index (κ1) is 14.5. The molecule has 0 fully saturated rings. The van der Waals surface area contributed by atoms with E-state index in [0.717, 1.165) is 17.1 Å². The summed E-state index contributed by atoms with van der Waals surface area (Å²) in [6.45, 7) is 8.57. The van der Waals surface area contributed by atoms with Gasteiger partial charge in [-0.15, -0.1) is 0 Å². The highest BCUT2D eigenvalue weighted by Crippen LogP contribution is 2.22. The van der Waals surface area contributed by atoms with Gasteiger partial charge in [0.2, 0.25) is 0 Å². The van der Waals surface area contributed by atoms with Crippen LogP contribution >= 0.6 is 0 Å². The van der Waals surface area contributed by atoms with Crippen LogP contribution < -0.4 is 0 Å². The molecule has 0 bridgehead atoms. The summed E-state index contributed by atoms with van der Waals surface area (Å²) in [6, 6.07) is 2.13. The van der Waals surface area contributed by atoms with Gasteiger partial charge in [0, 0.05) is 44.7 Å². The third-order valence-corrected chi connectivity index (χ3v) is 2.55. The monoisotopic (exact) mass is 248 g/mol. The van der Waals surface area contributed by atoms with Crippen LogP contribution in [0.25, 0.3) is 5.70 Å². The van der Waals surface area contributed by atoms with Crippen molar-refractivity contribution in [2.24, 2.45) is 4.99 Å². The van der Waals surface area contributed by atoms with Crippen molar-refractivity contribution in [1.29, 1.82) is 0 Å². The number of aromatic nitrogens is 2.